The molecule has 1 aromatic rings. The van der Waals surface area contributed by atoms with Gasteiger partial charge in [0.15, 0.2) is 5.78 Å². The van der Waals surface area contributed by atoms with E-state index >= 15 is 0 Å². The minimum absolute atomic E-state index is 0.0549. The number of hydrogen-bond donors (Lipinski definition) is 1. The molecule has 1 aliphatic rings. The molecule has 1 heterocycles. The number of carbonyl (C=O) groups excluding carboxylic acids is 2. The fraction of sp³-hybridized carbons (Fsp3) is 0.529. The lowest BCUT2D eigenvalue weighted by Crippen LogP contribution is -2.32. The Morgan fingerprint density at radius 3 is 2.52 bits per heavy atom. The highest BCUT2D eigenvalue weighted by molar-refractivity contribution is 5.94. The topological polar surface area (TPSA) is 49.4 Å². The van der Waals surface area contributed by atoms with Crippen molar-refractivity contribution in [2.75, 3.05) is 25.0 Å². The van der Waals surface area contributed by atoms with Crippen LogP contribution in [0.25, 0.3) is 0 Å². The maximum Gasteiger partial charge on any atom is 0.224 e. The van der Waals surface area contributed by atoms with Crippen LogP contribution in [-0.4, -0.2) is 36.2 Å². The zero-order valence-corrected chi connectivity index (χ0v) is 12.7. The third kappa shape index (κ3) is 4.88. The molecule has 0 radical (unpaired) electrons. The lowest BCUT2D eigenvalue weighted by atomic mass is 10.1. The molecule has 4 nitrogen and oxygen atoms in total. The number of nitrogens with zero attached hydrogens (tertiary/aromatic N) is 1. The summed E-state index contributed by atoms with van der Waals surface area (Å²) in [6.45, 7) is 3.97. The number of rotatable bonds is 5. The van der Waals surface area contributed by atoms with Gasteiger partial charge in [0.1, 0.15) is 0 Å². The normalized spacial score (nSPS) is 15.4. The van der Waals surface area contributed by atoms with Gasteiger partial charge in [0.05, 0.1) is 0 Å². The van der Waals surface area contributed by atoms with Crippen molar-refractivity contribution in [1.29, 1.82) is 0 Å². The molecule has 2 rings (SSSR count). The first-order valence-electron chi connectivity index (χ1n) is 7.79. The van der Waals surface area contributed by atoms with Crippen LogP contribution in [-0.2, 0) is 4.79 Å². The van der Waals surface area contributed by atoms with Gasteiger partial charge in [-0.05, 0) is 31.9 Å². The zero-order chi connectivity index (χ0) is 15.1. The Morgan fingerprint density at radius 2 is 1.86 bits per heavy atom. The van der Waals surface area contributed by atoms with Crippen molar-refractivity contribution in [1.82, 2.24) is 4.90 Å². The van der Waals surface area contributed by atoms with Crippen molar-refractivity contribution in [3.05, 3.63) is 29.8 Å². The average molecular weight is 288 g/mol. The Morgan fingerprint density at radius 1 is 1.14 bits per heavy atom. The predicted molar refractivity (Wildman–Crippen MR) is 84.6 cm³/mol. The number of carbonyl (C=O) groups is 2. The van der Waals surface area contributed by atoms with E-state index in [1.54, 1.807) is 13.0 Å². The second kappa shape index (κ2) is 7.81. The van der Waals surface area contributed by atoms with Gasteiger partial charge in [-0.25, -0.2) is 0 Å². The van der Waals surface area contributed by atoms with E-state index in [-0.39, 0.29) is 11.7 Å². The van der Waals surface area contributed by atoms with E-state index in [1.807, 2.05) is 23.1 Å². The molecule has 0 unspecified atom stereocenters. The molecule has 0 bridgehead atoms. The minimum atomic E-state index is 0.0549. The van der Waals surface area contributed by atoms with Crippen LogP contribution in [0.4, 0.5) is 5.69 Å². The van der Waals surface area contributed by atoms with Crippen molar-refractivity contribution in [3.63, 3.8) is 0 Å². The van der Waals surface area contributed by atoms with Crippen LogP contribution in [0.1, 0.15) is 49.4 Å². The fourth-order valence-corrected chi connectivity index (χ4v) is 2.64. The number of Topliss-reactive ketones (excluding diaryl/α,β-unsaturated/α-hetero) is 1. The summed E-state index contributed by atoms with van der Waals surface area (Å²) in [4.78, 5) is 25.5. The number of benzene rings is 1. The molecule has 4 heteroatoms. The highest BCUT2D eigenvalue weighted by Gasteiger charge is 2.14. The second-order valence-corrected chi connectivity index (χ2v) is 5.61. The average Bonchev–Trinajstić information content (AvgIpc) is 2.76. The van der Waals surface area contributed by atoms with E-state index in [4.69, 9.17) is 0 Å². The van der Waals surface area contributed by atoms with Crippen LogP contribution < -0.4 is 5.32 Å². The number of ketones is 1. The quantitative estimate of drug-likeness (QED) is 0.847. The Balaban J connectivity index is 1.79. The predicted octanol–water partition coefficient (Wildman–Crippen LogP) is 3.09. The molecule has 1 N–H and O–H groups in total. The maximum atomic E-state index is 12.1. The summed E-state index contributed by atoms with van der Waals surface area (Å²) < 4.78 is 0. The smallest absolute Gasteiger partial charge is 0.224 e. The van der Waals surface area contributed by atoms with Crippen LogP contribution in [0.2, 0.25) is 0 Å². The molecule has 1 amide bonds. The maximum absolute atomic E-state index is 12.1. The van der Waals surface area contributed by atoms with E-state index in [9.17, 15) is 9.59 Å². The molecule has 0 spiro atoms. The molecule has 114 valence electrons. The van der Waals surface area contributed by atoms with Crippen molar-refractivity contribution in [3.8, 4) is 0 Å². The fourth-order valence-electron chi connectivity index (χ4n) is 2.64. The highest BCUT2D eigenvalue weighted by Crippen LogP contribution is 2.13. The first-order chi connectivity index (χ1) is 10.2. The lowest BCUT2D eigenvalue weighted by Gasteiger charge is -2.20. The summed E-state index contributed by atoms with van der Waals surface area (Å²) in [6.07, 6.45) is 5.23. The van der Waals surface area contributed by atoms with E-state index in [0.717, 1.165) is 31.6 Å². The number of nitrogens with one attached hydrogen (secondary N) is 1. The van der Waals surface area contributed by atoms with Crippen molar-refractivity contribution >= 4 is 17.4 Å². The molecule has 0 aliphatic carbocycles. The number of anilines is 1. The van der Waals surface area contributed by atoms with Gasteiger partial charge in [-0.15, -0.1) is 0 Å². The Labute approximate surface area is 126 Å². The van der Waals surface area contributed by atoms with Crippen molar-refractivity contribution < 1.29 is 9.59 Å². The summed E-state index contributed by atoms with van der Waals surface area (Å²) >= 11 is 0. The van der Waals surface area contributed by atoms with Gasteiger partial charge in [-0.3, -0.25) is 9.59 Å². The summed E-state index contributed by atoms with van der Waals surface area (Å²) in [5, 5.41) is 3.23. The third-order valence-electron chi connectivity index (χ3n) is 3.90. The summed E-state index contributed by atoms with van der Waals surface area (Å²) in [7, 11) is 0. The Hall–Kier alpha value is -1.84. The SMILES string of the molecule is CC(=O)c1cccc(NCCC(=O)N2CCCCCC2)c1. The van der Waals surface area contributed by atoms with Gasteiger partial charge < -0.3 is 10.2 Å². The second-order valence-electron chi connectivity index (χ2n) is 5.61. The monoisotopic (exact) mass is 288 g/mol. The largest absolute Gasteiger partial charge is 0.385 e. The molecule has 1 fully saturated rings. The molecule has 1 saturated heterocycles. The lowest BCUT2D eigenvalue weighted by molar-refractivity contribution is -0.130. The van der Waals surface area contributed by atoms with Crippen LogP contribution >= 0.6 is 0 Å². The van der Waals surface area contributed by atoms with Crippen molar-refractivity contribution in [2.24, 2.45) is 0 Å². The van der Waals surface area contributed by atoms with E-state index in [1.165, 1.54) is 12.8 Å². The number of likely N-dealkylation sites (tertiary alicyclic amines) is 1. The van der Waals surface area contributed by atoms with Gasteiger partial charge in [0, 0.05) is 37.3 Å². The summed E-state index contributed by atoms with van der Waals surface area (Å²) in [5.41, 5.74) is 1.59. The molecule has 1 aliphatic heterocycles. The van der Waals surface area contributed by atoms with Gasteiger partial charge in [0.25, 0.3) is 0 Å². The molecule has 0 aromatic heterocycles. The van der Waals surface area contributed by atoms with E-state index in [2.05, 4.69) is 5.32 Å². The van der Waals surface area contributed by atoms with Crippen LogP contribution in [0, 0.1) is 0 Å². The van der Waals surface area contributed by atoms with E-state index < -0.39 is 0 Å². The Bertz CT molecular complexity index is 491. The molecule has 0 atom stereocenters. The third-order valence-corrected chi connectivity index (χ3v) is 3.90. The minimum Gasteiger partial charge on any atom is -0.385 e. The van der Waals surface area contributed by atoms with Crippen molar-refractivity contribution in [2.45, 2.75) is 39.0 Å². The summed E-state index contributed by atoms with van der Waals surface area (Å²) in [5.74, 6) is 0.284. The standard InChI is InChI=1S/C17H24N2O2/c1-14(20)15-7-6-8-16(13-15)18-10-9-17(21)19-11-4-2-3-5-12-19/h6-8,13,18H,2-5,9-12H2,1H3. The first kappa shape index (κ1) is 15.5. The molecular formula is C17H24N2O2. The molecule has 21 heavy (non-hydrogen) atoms. The van der Waals surface area contributed by atoms with Gasteiger partial charge in [-0.2, -0.15) is 0 Å². The molecular weight excluding hydrogens is 264 g/mol. The highest BCUT2D eigenvalue weighted by atomic mass is 16.2. The van der Waals surface area contributed by atoms with Gasteiger partial charge in [-0.1, -0.05) is 25.0 Å². The molecule has 0 saturated carbocycles. The molecule has 1 aromatic carbocycles. The number of amides is 1. The van der Waals surface area contributed by atoms with Gasteiger partial charge in [0.2, 0.25) is 5.91 Å². The van der Waals surface area contributed by atoms with Gasteiger partial charge >= 0.3 is 0 Å². The number of hydrogen-bond acceptors (Lipinski definition) is 3. The summed E-state index contributed by atoms with van der Waals surface area (Å²) in [6, 6.07) is 7.41. The van der Waals surface area contributed by atoms with Crippen LogP contribution in [0.5, 0.6) is 0 Å². The Kier molecular flexibility index (Phi) is 5.78. The zero-order valence-electron chi connectivity index (χ0n) is 12.7. The van der Waals surface area contributed by atoms with Crippen LogP contribution in [0.15, 0.2) is 24.3 Å². The van der Waals surface area contributed by atoms with Crippen LogP contribution in [0.3, 0.4) is 0 Å². The van der Waals surface area contributed by atoms with E-state index in [0.29, 0.717) is 18.5 Å². The first-order valence-corrected chi connectivity index (χ1v) is 7.79.